The Kier molecular flexibility index (Phi) is 5.12. The molecule has 32 heavy (non-hydrogen) atoms. The molecule has 2 aliphatic rings. The molecule has 3 amide bonds. The molecular weight excluding hydrogens is 418 g/mol. The van der Waals surface area contributed by atoms with Gasteiger partial charge in [-0.2, -0.15) is 0 Å². The maximum absolute atomic E-state index is 13.6. The highest BCUT2D eigenvalue weighted by atomic mass is 19.3. The number of benzene rings is 1. The lowest BCUT2D eigenvalue weighted by Crippen LogP contribution is -2.51. The quantitative estimate of drug-likeness (QED) is 0.439. The van der Waals surface area contributed by atoms with Crippen LogP contribution in [0.25, 0.3) is 16.1 Å². The normalized spacial score (nSPS) is 19.2. The number of nitrogens with zero attached hydrogens (tertiary/aromatic N) is 3. The second-order valence-corrected chi connectivity index (χ2v) is 8.47. The van der Waals surface area contributed by atoms with E-state index in [0.717, 1.165) is 21.7 Å². The fourth-order valence-electron chi connectivity index (χ4n) is 4.59. The van der Waals surface area contributed by atoms with E-state index in [9.17, 15) is 23.2 Å². The number of aryl methyl sites for hydroxylation is 1. The summed E-state index contributed by atoms with van der Waals surface area (Å²) >= 11 is 0. The van der Waals surface area contributed by atoms with Gasteiger partial charge in [-0.15, -0.1) is 0 Å². The number of alkyl halides is 2. The van der Waals surface area contributed by atoms with Gasteiger partial charge >= 0.3 is 6.03 Å². The van der Waals surface area contributed by atoms with Crippen molar-refractivity contribution in [1.82, 2.24) is 14.8 Å². The summed E-state index contributed by atoms with van der Waals surface area (Å²) in [4.78, 5) is 42.7. The number of imide groups is 1. The molecule has 1 aromatic heterocycles. The predicted octanol–water partition coefficient (Wildman–Crippen LogP) is 4.23. The maximum atomic E-state index is 13.6. The molecule has 9 heteroatoms. The number of urea groups is 1. The number of nitrogens with one attached hydrogen (secondary N) is 1. The largest absolute Gasteiger partial charge is 0.341 e. The van der Waals surface area contributed by atoms with Crippen molar-refractivity contribution in [2.45, 2.75) is 44.1 Å². The van der Waals surface area contributed by atoms with Crippen molar-refractivity contribution in [3.8, 4) is 11.3 Å². The van der Waals surface area contributed by atoms with Gasteiger partial charge < -0.3 is 9.88 Å². The Hall–Kier alpha value is -3.54. The number of ketones is 1. The molecule has 4 rings (SSSR count). The first-order valence-corrected chi connectivity index (χ1v) is 10.3. The van der Waals surface area contributed by atoms with Crippen LogP contribution in [-0.4, -0.2) is 45.2 Å². The summed E-state index contributed by atoms with van der Waals surface area (Å²) in [6, 6.07) is 7.96. The van der Waals surface area contributed by atoms with Crippen LogP contribution in [0.3, 0.4) is 0 Å². The number of carbonyl (C=O) groups excluding carboxylic acids is 3. The van der Waals surface area contributed by atoms with Crippen LogP contribution in [-0.2, 0) is 11.8 Å². The molecule has 166 valence electrons. The SMILES string of the molecule is [C-]#[N+]c1cccc(-c2c(C)cc(C(=O)CN3C(=O)NC4(CCC(F)(F)CC4)C3=O)n2C)c1. The monoisotopic (exact) mass is 440 g/mol. The Balaban J connectivity index is 1.57. The van der Waals surface area contributed by atoms with Gasteiger partial charge in [-0.05, 0) is 43.0 Å². The standard InChI is InChI=1S/C23H22F2N4O3/c1-14-11-17(28(3)19(14)15-5-4-6-16(12-15)26-2)18(30)13-29-20(31)22(27-21(29)32)7-9-23(24,25)10-8-22/h4-6,11-12H,7-10,13H2,1,3H3,(H,27,32). The molecule has 1 aliphatic carbocycles. The third kappa shape index (κ3) is 3.55. The number of hydrogen-bond donors (Lipinski definition) is 1. The van der Waals surface area contributed by atoms with Crippen LogP contribution in [0.2, 0.25) is 0 Å². The minimum Gasteiger partial charge on any atom is -0.341 e. The molecule has 0 unspecified atom stereocenters. The summed E-state index contributed by atoms with van der Waals surface area (Å²) in [7, 11) is 1.71. The highest BCUT2D eigenvalue weighted by Gasteiger charge is 2.55. The third-order valence-corrected chi connectivity index (χ3v) is 6.34. The zero-order chi connectivity index (χ0) is 23.3. The molecule has 1 saturated carbocycles. The van der Waals surface area contributed by atoms with Crippen LogP contribution in [0.15, 0.2) is 30.3 Å². The predicted molar refractivity (Wildman–Crippen MR) is 113 cm³/mol. The van der Waals surface area contributed by atoms with Gasteiger partial charge in [0.1, 0.15) is 5.54 Å². The fourth-order valence-corrected chi connectivity index (χ4v) is 4.59. The van der Waals surface area contributed by atoms with Crippen LogP contribution >= 0.6 is 0 Å². The average molecular weight is 440 g/mol. The van der Waals surface area contributed by atoms with Crippen molar-refractivity contribution >= 4 is 23.4 Å². The van der Waals surface area contributed by atoms with E-state index in [2.05, 4.69) is 10.2 Å². The lowest BCUT2D eigenvalue weighted by atomic mass is 9.80. The molecule has 7 nitrogen and oxygen atoms in total. The Bertz CT molecular complexity index is 1170. The van der Waals surface area contributed by atoms with E-state index in [1.807, 2.05) is 13.0 Å². The van der Waals surface area contributed by atoms with Gasteiger partial charge in [0.15, 0.2) is 11.5 Å². The van der Waals surface area contributed by atoms with Crippen LogP contribution in [0.4, 0.5) is 19.3 Å². The van der Waals surface area contributed by atoms with Crippen molar-refractivity contribution in [3.05, 3.63) is 53.0 Å². The van der Waals surface area contributed by atoms with E-state index >= 15 is 0 Å². The lowest BCUT2D eigenvalue weighted by molar-refractivity contribution is -0.135. The van der Waals surface area contributed by atoms with Crippen molar-refractivity contribution in [1.29, 1.82) is 0 Å². The van der Waals surface area contributed by atoms with E-state index in [-0.39, 0.29) is 12.8 Å². The van der Waals surface area contributed by atoms with Crippen LogP contribution < -0.4 is 5.32 Å². The molecule has 1 aliphatic heterocycles. The summed E-state index contributed by atoms with van der Waals surface area (Å²) in [6.45, 7) is 8.56. The number of amides is 3. The number of carbonyl (C=O) groups is 3. The number of aromatic nitrogens is 1. The van der Waals surface area contributed by atoms with Gasteiger partial charge in [0.05, 0.1) is 18.8 Å². The average Bonchev–Trinajstić information content (AvgIpc) is 3.18. The first-order valence-electron chi connectivity index (χ1n) is 10.3. The van der Waals surface area contributed by atoms with E-state index < -0.39 is 48.6 Å². The van der Waals surface area contributed by atoms with Gasteiger partial charge in [-0.1, -0.05) is 18.2 Å². The molecule has 2 heterocycles. The molecule has 1 saturated heterocycles. The fraction of sp³-hybridized carbons (Fsp3) is 0.391. The number of Topliss-reactive ketones (excluding diaryl/α,β-unsaturated/α-hetero) is 1. The topological polar surface area (TPSA) is 75.8 Å². The Morgan fingerprint density at radius 3 is 2.53 bits per heavy atom. The molecule has 0 atom stereocenters. The van der Waals surface area contributed by atoms with Crippen molar-refractivity contribution in [3.63, 3.8) is 0 Å². The zero-order valence-electron chi connectivity index (χ0n) is 17.7. The van der Waals surface area contributed by atoms with Gasteiger partial charge in [0.25, 0.3) is 5.91 Å². The van der Waals surface area contributed by atoms with Crippen LogP contribution in [0.5, 0.6) is 0 Å². The number of rotatable bonds is 4. The minimum absolute atomic E-state index is 0.153. The minimum atomic E-state index is -2.85. The number of halogens is 2. The summed E-state index contributed by atoms with van der Waals surface area (Å²) in [5.41, 5.74) is 1.76. The Morgan fingerprint density at radius 2 is 1.88 bits per heavy atom. The summed E-state index contributed by atoms with van der Waals surface area (Å²) in [5.74, 6) is -3.91. The molecular formula is C23H22F2N4O3. The van der Waals surface area contributed by atoms with Gasteiger partial charge in [-0.3, -0.25) is 14.5 Å². The molecule has 1 N–H and O–H groups in total. The third-order valence-electron chi connectivity index (χ3n) is 6.34. The summed E-state index contributed by atoms with van der Waals surface area (Å²) in [6.07, 6.45) is -1.27. The van der Waals surface area contributed by atoms with E-state index in [1.165, 1.54) is 0 Å². The number of hydrogen-bond acceptors (Lipinski definition) is 3. The zero-order valence-corrected chi connectivity index (χ0v) is 17.7. The van der Waals surface area contributed by atoms with Crippen LogP contribution in [0, 0.1) is 13.5 Å². The highest BCUT2D eigenvalue weighted by molar-refractivity contribution is 6.11. The smallest absolute Gasteiger partial charge is 0.325 e. The maximum Gasteiger partial charge on any atom is 0.325 e. The second kappa shape index (κ2) is 7.55. The van der Waals surface area contributed by atoms with Gasteiger partial charge in [-0.25, -0.2) is 18.4 Å². The van der Waals surface area contributed by atoms with Crippen molar-refractivity contribution in [2.75, 3.05) is 6.54 Å². The molecule has 2 aromatic rings. The van der Waals surface area contributed by atoms with Crippen molar-refractivity contribution in [2.24, 2.45) is 7.05 Å². The first-order chi connectivity index (χ1) is 15.1. The second-order valence-electron chi connectivity index (χ2n) is 8.47. The molecule has 1 spiro atoms. The lowest BCUT2D eigenvalue weighted by Gasteiger charge is -2.34. The van der Waals surface area contributed by atoms with Crippen LogP contribution in [0.1, 0.15) is 41.7 Å². The molecule has 0 bridgehead atoms. The van der Waals surface area contributed by atoms with Gasteiger partial charge in [0, 0.05) is 25.6 Å². The molecule has 2 fully saturated rings. The highest BCUT2D eigenvalue weighted by Crippen LogP contribution is 2.41. The van der Waals surface area contributed by atoms with Crippen molar-refractivity contribution < 1.29 is 23.2 Å². The van der Waals surface area contributed by atoms with Gasteiger partial charge in [0.2, 0.25) is 5.92 Å². The Morgan fingerprint density at radius 1 is 1.19 bits per heavy atom. The van der Waals surface area contributed by atoms with E-state index in [0.29, 0.717) is 11.4 Å². The molecule has 0 radical (unpaired) electrons. The molecule has 1 aromatic carbocycles. The van der Waals surface area contributed by atoms with E-state index in [4.69, 9.17) is 6.57 Å². The van der Waals surface area contributed by atoms with E-state index in [1.54, 1.807) is 35.9 Å². The summed E-state index contributed by atoms with van der Waals surface area (Å²) < 4.78 is 28.8. The summed E-state index contributed by atoms with van der Waals surface area (Å²) in [5, 5.41) is 2.55. The first kappa shape index (κ1) is 21.7. The Labute approximate surface area is 183 Å².